The molecule has 3 unspecified atom stereocenters. The molecule has 0 fully saturated rings. The first-order valence-corrected chi connectivity index (χ1v) is 20.5. The van der Waals surface area contributed by atoms with Crippen LogP contribution in [-0.2, 0) is 6.42 Å². The molecule has 7 rings (SSSR count). The van der Waals surface area contributed by atoms with E-state index in [1.54, 1.807) is 0 Å². The van der Waals surface area contributed by atoms with Crippen molar-refractivity contribution in [1.29, 1.82) is 0 Å². The lowest BCUT2D eigenvalue weighted by Gasteiger charge is -2.25. The summed E-state index contributed by atoms with van der Waals surface area (Å²) in [6.45, 7) is 18.8. The molecule has 0 N–H and O–H groups in total. The van der Waals surface area contributed by atoms with Crippen LogP contribution < -0.4 is 0 Å². The summed E-state index contributed by atoms with van der Waals surface area (Å²) < 4.78 is 0. The van der Waals surface area contributed by atoms with E-state index in [0.29, 0.717) is 17.8 Å². The van der Waals surface area contributed by atoms with E-state index in [0.717, 1.165) is 18.6 Å². The van der Waals surface area contributed by atoms with Crippen molar-refractivity contribution in [2.24, 2.45) is 10.9 Å². The van der Waals surface area contributed by atoms with Gasteiger partial charge in [0.25, 0.3) is 0 Å². The number of rotatable bonds is 8. The molecule has 0 aromatic heterocycles. The van der Waals surface area contributed by atoms with Crippen molar-refractivity contribution in [2.75, 3.05) is 7.05 Å². The first-order valence-electron chi connectivity index (χ1n) is 20.5. The summed E-state index contributed by atoms with van der Waals surface area (Å²) in [5.41, 5.74) is 10.4. The lowest BCUT2D eigenvalue weighted by atomic mass is 9.79. The first kappa shape index (κ1) is 42.5. The molecule has 284 valence electrons. The molecule has 1 heteroatoms. The Morgan fingerprint density at radius 2 is 1.47 bits per heavy atom. The highest BCUT2D eigenvalue weighted by Crippen LogP contribution is 2.41. The molecule has 0 saturated heterocycles. The SMILES string of the molecule is C=C/C(=C\C)C1C=Cc2c(c3ccc(C4C=C(C(C)=NC)C=CC4)cc3c3ccccc23)C1.CC.CC(/C=C/c1ccccc1)c1ccccc1.CCCC. The average molecular weight is 726 g/mol. The topological polar surface area (TPSA) is 12.4 Å². The standard InChI is InChI=1S/C32H31N.C16H16.C4H10.C2H6/c1-5-22(6-2)25-14-16-29-27-12-7-8-13-28(27)31-20-26(15-17-30(31)32(29)19-25)24-11-9-10-23(18-24)21(3)33-4;1-14(16-10-6-3-7-11-16)12-13-15-8-4-2-5-9-15;1-3-4-2;1-2/h5-10,12-18,20,24-25H,1,11,19H2,2-4H3;2-14H,1H3;3-4H2,1-2H3;1-2H3/b22-6+,33-21?;13-12+;;. The third kappa shape index (κ3) is 11.1. The Bertz CT molecular complexity index is 2150. The summed E-state index contributed by atoms with van der Waals surface area (Å²) in [6, 6.07) is 37.0. The van der Waals surface area contributed by atoms with Gasteiger partial charge in [-0.3, -0.25) is 4.99 Å². The Balaban J connectivity index is 0.000000255. The molecular formula is C54H63N. The second kappa shape index (κ2) is 22.2. The fourth-order valence-electron chi connectivity index (χ4n) is 7.13. The normalized spacial score (nSPS) is 16.8. The third-order valence-corrected chi connectivity index (χ3v) is 10.6. The molecule has 2 aliphatic rings. The van der Waals surface area contributed by atoms with Crippen LogP contribution in [0.2, 0.25) is 0 Å². The second-order valence-electron chi connectivity index (χ2n) is 14.1. The average Bonchev–Trinajstić information content (AvgIpc) is 3.27. The van der Waals surface area contributed by atoms with E-state index in [9.17, 15) is 0 Å². The molecule has 0 heterocycles. The molecule has 0 amide bonds. The molecule has 2 aliphatic carbocycles. The molecule has 55 heavy (non-hydrogen) atoms. The van der Waals surface area contributed by atoms with Crippen molar-refractivity contribution in [2.45, 2.75) is 86.0 Å². The van der Waals surface area contributed by atoms with Gasteiger partial charge in [0.2, 0.25) is 0 Å². The summed E-state index contributed by atoms with van der Waals surface area (Å²) in [4.78, 5) is 4.39. The van der Waals surface area contributed by atoms with E-state index >= 15 is 0 Å². The van der Waals surface area contributed by atoms with Crippen molar-refractivity contribution < 1.29 is 0 Å². The van der Waals surface area contributed by atoms with E-state index in [4.69, 9.17) is 0 Å². The maximum atomic E-state index is 4.39. The van der Waals surface area contributed by atoms with Crippen molar-refractivity contribution in [3.05, 3.63) is 191 Å². The Morgan fingerprint density at radius 3 is 2.11 bits per heavy atom. The number of allylic oxidation sites excluding steroid dienone is 9. The molecule has 0 radical (unpaired) electrons. The lowest BCUT2D eigenvalue weighted by Crippen LogP contribution is -2.10. The van der Waals surface area contributed by atoms with Gasteiger partial charge in [0.1, 0.15) is 0 Å². The van der Waals surface area contributed by atoms with Crippen LogP contribution >= 0.6 is 0 Å². The number of benzene rings is 5. The monoisotopic (exact) mass is 725 g/mol. The van der Waals surface area contributed by atoms with Crippen molar-refractivity contribution in [3.8, 4) is 0 Å². The van der Waals surface area contributed by atoms with Crippen LogP contribution in [0.1, 0.15) is 107 Å². The van der Waals surface area contributed by atoms with Crippen LogP contribution in [-0.4, -0.2) is 12.8 Å². The summed E-state index contributed by atoms with van der Waals surface area (Å²) >= 11 is 0. The molecule has 0 saturated carbocycles. The number of unbranched alkanes of at least 4 members (excludes halogenated alkanes) is 1. The molecule has 3 atom stereocenters. The van der Waals surface area contributed by atoms with Crippen molar-refractivity contribution in [3.63, 3.8) is 0 Å². The predicted octanol–water partition coefficient (Wildman–Crippen LogP) is 15.7. The van der Waals surface area contributed by atoms with E-state index in [2.05, 4.69) is 192 Å². The van der Waals surface area contributed by atoms with Crippen molar-refractivity contribution in [1.82, 2.24) is 0 Å². The Hall–Kier alpha value is -5.27. The van der Waals surface area contributed by atoms with E-state index in [1.165, 1.54) is 73.4 Å². The highest BCUT2D eigenvalue weighted by Gasteiger charge is 2.22. The van der Waals surface area contributed by atoms with Gasteiger partial charge in [-0.2, -0.15) is 0 Å². The molecule has 0 spiro atoms. The molecule has 5 aromatic carbocycles. The minimum Gasteiger partial charge on any atom is -0.293 e. The number of nitrogens with zero attached hydrogens (tertiary/aromatic N) is 1. The second-order valence-corrected chi connectivity index (χ2v) is 14.1. The van der Waals surface area contributed by atoms with E-state index < -0.39 is 0 Å². The van der Waals surface area contributed by atoms with Gasteiger partial charge in [0.05, 0.1) is 0 Å². The van der Waals surface area contributed by atoms with Crippen LogP contribution in [0.3, 0.4) is 0 Å². The zero-order chi connectivity index (χ0) is 39.6. The summed E-state index contributed by atoms with van der Waals surface area (Å²) in [7, 11) is 1.87. The highest BCUT2D eigenvalue weighted by atomic mass is 14.7. The van der Waals surface area contributed by atoms with E-state index in [-0.39, 0.29) is 0 Å². The van der Waals surface area contributed by atoms with Gasteiger partial charge in [-0.1, -0.05) is 206 Å². The summed E-state index contributed by atoms with van der Waals surface area (Å²) in [6.07, 6.45) is 24.9. The predicted molar refractivity (Wildman–Crippen MR) is 248 cm³/mol. The quantitative estimate of drug-likeness (QED) is 0.0858. The highest BCUT2D eigenvalue weighted by molar-refractivity contribution is 6.13. The van der Waals surface area contributed by atoms with Crippen LogP contribution in [0.5, 0.6) is 0 Å². The van der Waals surface area contributed by atoms with Gasteiger partial charge < -0.3 is 0 Å². The van der Waals surface area contributed by atoms with Crippen LogP contribution in [0, 0.1) is 5.92 Å². The lowest BCUT2D eigenvalue weighted by molar-refractivity contribution is 0.769. The van der Waals surface area contributed by atoms with Gasteiger partial charge in [0.15, 0.2) is 0 Å². The zero-order valence-corrected chi connectivity index (χ0v) is 34.7. The molecule has 0 aliphatic heterocycles. The number of hydrogen-bond donors (Lipinski definition) is 0. The third-order valence-electron chi connectivity index (χ3n) is 10.6. The number of fused-ring (bicyclic) bond motifs is 6. The smallest absolute Gasteiger partial charge is 0.0383 e. The largest absolute Gasteiger partial charge is 0.293 e. The molecule has 0 bridgehead atoms. The first-order chi connectivity index (χ1) is 26.9. The van der Waals surface area contributed by atoms with Gasteiger partial charge in [0, 0.05) is 24.6 Å². The maximum Gasteiger partial charge on any atom is 0.0383 e. The van der Waals surface area contributed by atoms with Gasteiger partial charge in [-0.15, -0.1) is 0 Å². The Labute approximate surface area is 333 Å². The zero-order valence-electron chi connectivity index (χ0n) is 34.7. The Morgan fingerprint density at radius 1 is 0.818 bits per heavy atom. The van der Waals surface area contributed by atoms with Gasteiger partial charge in [-0.25, -0.2) is 0 Å². The fraction of sp³-hybridized carbons (Fsp3) is 0.278. The Kier molecular flexibility index (Phi) is 17.1. The number of aliphatic imine (C=N–C) groups is 1. The van der Waals surface area contributed by atoms with E-state index in [1.807, 2.05) is 33.0 Å². The molecule has 1 nitrogen and oxygen atoms in total. The maximum absolute atomic E-state index is 4.39. The van der Waals surface area contributed by atoms with Gasteiger partial charge >= 0.3 is 0 Å². The molecule has 5 aromatic rings. The van der Waals surface area contributed by atoms with Crippen LogP contribution in [0.25, 0.3) is 33.7 Å². The fourth-order valence-corrected chi connectivity index (χ4v) is 7.13. The van der Waals surface area contributed by atoms with Crippen molar-refractivity contribution >= 4 is 39.4 Å². The molecular weight excluding hydrogens is 663 g/mol. The summed E-state index contributed by atoms with van der Waals surface area (Å²) in [5.74, 6) is 1.22. The minimum absolute atomic E-state index is 0.379. The van der Waals surface area contributed by atoms with Crippen LogP contribution in [0.4, 0.5) is 0 Å². The number of hydrogen-bond acceptors (Lipinski definition) is 1. The summed E-state index contributed by atoms with van der Waals surface area (Å²) in [5, 5.41) is 5.43. The van der Waals surface area contributed by atoms with Gasteiger partial charge in [-0.05, 0) is 99.2 Å². The van der Waals surface area contributed by atoms with Crippen LogP contribution in [0.15, 0.2) is 168 Å². The minimum atomic E-state index is 0.379.